The fraction of sp³-hybridized carbons (Fsp3) is 0.625. The summed E-state index contributed by atoms with van der Waals surface area (Å²) >= 11 is 0. The topological polar surface area (TPSA) is 32.5 Å². The molecule has 1 aliphatic heterocycles. The Morgan fingerprint density at radius 3 is 2.21 bits per heavy atom. The largest absolute Gasteiger partial charge is 0.325 e. The smallest absolute Gasteiger partial charge is 0.0237 e. The van der Waals surface area contributed by atoms with Crippen molar-refractivity contribution in [3.05, 3.63) is 35.4 Å². The van der Waals surface area contributed by atoms with E-state index < -0.39 is 0 Å². The number of piperazine rings is 1. The second kappa shape index (κ2) is 6.04. The molecule has 1 heterocycles. The molecule has 0 spiro atoms. The Balaban J connectivity index is 2.03. The van der Waals surface area contributed by atoms with Gasteiger partial charge < -0.3 is 10.6 Å². The Morgan fingerprint density at radius 1 is 1.05 bits per heavy atom. The van der Waals surface area contributed by atoms with Crippen molar-refractivity contribution in [1.82, 2.24) is 9.80 Å². The van der Waals surface area contributed by atoms with Crippen LogP contribution in [0.3, 0.4) is 0 Å². The standard InChI is InChI=1S/C16H27N3/c1-16(2,17)12-14-6-4-5-7-15(14)13-19-10-8-18(3)9-11-19/h4-7H,8-13,17H2,1-3H3. The number of rotatable bonds is 4. The van der Waals surface area contributed by atoms with E-state index in [1.807, 2.05) is 0 Å². The highest BCUT2D eigenvalue weighted by atomic mass is 15.2. The van der Waals surface area contributed by atoms with Gasteiger partial charge in [0.25, 0.3) is 0 Å². The molecule has 0 radical (unpaired) electrons. The van der Waals surface area contributed by atoms with Gasteiger partial charge in [-0.15, -0.1) is 0 Å². The monoisotopic (exact) mass is 261 g/mol. The van der Waals surface area contributed by atoms with Gasteiger partial charge in [0.05, 0.1) is 0 Å². The van der Waals surface area contributed by atoms with Crippen molar-refractivity contribution in [2.45, 2.75) is 32.4 Å². The molecule has 1 aromatic carbocycles. The lowest BCUT2D eigenvalue weighted by molar-refractivity contribution is 0.148. The molecular formula is C16H27N3. The summed E-state index contributed by atoms with van der Waals surface area (Å²) in [7, 11) is 2.20. The van der Waals surface area contributed by atoms with E-state index in [0.717, 1.165) is 26.1 Å². The van der Waals surface area contributed by atoms with E-state index in [1.165, 1.54) is 24.2 Å². The van der Waals surface area contributed by atoms with Gasteiger partial charge >= 0.3 is 0 Å². The molecule has 3 nitrogen and oxygen atoms in total. The van der Waals surface area contributed by atoms with E-state index in [4.69, 9.17) is 5.73 Å². The van der Waals surface area contributed by atoms with Gasteiger partial charge in [-0.1, -0.05) is 24.3 Å². The van der Waals surface area contributed by atoms with Gasteiger partial charge in [0.1, 0.15) is 0 Å². The molecule has 1 aliphatic rings. The van der Waals surface area contributed by atoms with Crippen LogP contribution in [0, 0.1) is 0 Å². The third kappa shape index (κ3) is 4.60. The number of hydrogen-bond donors (Lipinski definition) is 1. The molecule has 0 amide bonds. The first-order chi connectivity index (χ1) is 8.94. The quantitative estimate of drug-likeness (QED) is 0.895. The average Bonchev–Trinajstić information content (AvgIpc) is 2.33. The highest BCUT2D eigenvalue weighted by molar-refractivity contribution is 5.28. The van der Waals surface area contributed by atoms with Crippen LogP contribution in [0.4, 0.5) is 0 Å². The van der Waals surface area contributed by atoms with Crippen LogP contribution >= 0.6 is 0 Å². The van der Waals surface area contributed by atoms with Crippen molar-refractivity contribution in [2.75, 3.05) is 33.2 Å². The molecule has 0 aliphatic carbocycles. The normalized spacial score (nSPS) is 18.7. The number of benzene rings is 1. The summed E-state index contributed by atoms with van der Waals surface area (Å²) < 4.78 is 0. The van der Waals surface area contributed by atoms with Crippen molar-refractivity contribution >= 4 is 0 Å². The molecular weight excluding hydrogens is 234 g/mol. The minimum atomic E-state index is -0.141. The van der Waals surface area contributed by atoms with Crippen molar-refractivity contribution < 1.29 is 0 Å². The molecule has 3 heteroatoms. The zero-order valence-corrected chi connectivity index (χ0v) is 12.5. The third-order valence-corrected chi connectivity index (χ3v) is 3.75. The van der Waals surface area contributed by atoms with Crippen LogP contribution in [0.25, 0.3) is 0 Å². The Labute approximate surface area is 117 Å². The van der Waals surface area contributed by atoms with Crippen LogP contribution in [0.5, 0.6) is 0 Å². The van der Waals surface area contributed by atoms with E-state index in [-0.39, 0.29) is 5.54 Å². The molecule has 0 atom stereocenters. The van der Waals surface area contributed by atoms with Gasteiger partial charge in [0.15, 0.2) is 0 Å². The van der Waals surface area contributed by atoms with E-state index in [0.29, 0.717) is 0 Å². The summed E-state index contributed by atoms with van der Waals surface area (Å²) in [5, 5.41) is 0. The maximum absolute atomic E-state index is 6.17. The predicted octanol–water partition coefficient (Wildman–Crippen LogP) is 1.71. The van der Waals surface area contributed by atoms with Crippen molar-refractivity contribution in [3.63, 3.8) is 0 Å². The second-order valence-corrected chi connectivity index (χ2v) is 6.51. The summed E-state index contributed by atoms with van der Waals surface area (Å²) in [4.78, 5) is 4.94. The number of likely N-dealkylation sites (N-methyl/N-ethyl adjacent to an activating group) is 1. The first-order valence-corrected chi connectivity index (χ1v) is 7.21. The summed E-state index contributed by atoms with van der Waals surface area (Å²) in [5.41, 5.74) is 8.86. The first kappa shape index (κ1) is 14.5. The lowest BCUT2D eigenvalue weighted by Gasteiger charge is -2.33. The highest BCUT2D eigenvalue weighted by Gasteiger charge is 2.17. The summed E-state index contributed by atoms with van der Waals surface area (Å²) in [5.74, 6) is 0. The zero-order chi connectivity index (χ0) is 13.9. The number of nitrogens with two attached hydrogens (primary N) is 1. The second-order valence-electron chi connectivity index (χ2n) is 6.51. The minimum absolute atomic E-state index is 0.141. The lowest BCUT2D eigenvalue weighted by Crippen LogP contribution is -2.44. The van der Waals surface area contributed by atoms with E-state index in [2.05, 4.69) is 55.0 Å². The van der Waals surface area contributed by atoms with Crippen LogP contribution in [0.1, 0.15) is 25.0 Å². The lowest BCUT2D eigenvalue weighted by atomic mass is 9.92. The molecule has 106 valence electrons. The molecule has 2 rings (SSSR count). The van der Waals surface area contributed by atoms with E-state index in [9.17, 15) is 0 Å². The average molecular weight is 261 g/mol. The Bertz CT molecular complexity index is 401. The van der Waals surface area contributed by atoms with Gasteiger partial charge in [0, 0.05) is 38.3 Å². The summed E-state index contributed by atoms with van der Waals surface area (Å²) in [6.07, 6.45) is 0.941. The van der Waals surface area contributed by atoms with Crippen LogP contribution in [-0.2, 0) is 13.0 Å². The van der Waals surface area contributed by atoms with Gasteiger partial charge in [-0.25, -0.2) is 0 Å². The van der Waals surface area contributed by atoms with Gasteiger partial charge in [-0.3, -0.25) is 4.90 Å². The maximum atomic E-state index is 6.17. The first-order valence-electron chi connectivity index (χ1n) is 7.21. The predicted molar refractivity (Wildman–Crippen MR) is 81.2 cm³/mol. The van der Waals surface area contributed by atoms with Crippen molar-refractivity contribution in [2.24, 2.45) is 5.73 Å². The van der Waals surface area contributed by atoms with Crippen molar-refractivity contribution in [1.29, 1.82) is 0 Å². The van der Waals surface area contributed by atoms with Gasteiger partial charge in [-0.05, 0) is 38.4 Å². The highest BCUT2D eigenvalue weighted by Crippen LogP contribution is 2.17. The van der Waals surface area contributed by atoms with Crippen LogP contribution in [0.2, 0.25) is 0 Å². The van der Waals surface area contributed by atoms with Crippen LogP contribution < -0.4 is 5.73 Å². The molecule has 19 heavy (non-hydrogen) atoms. The molecule has 1 aromatic rings. The molecule has 1 fully saturated rings. The molecule has 2 N–H and O–H groups in total. The molecule has 0 bridgehead atoms. The Hall–Kier alpha value is -0.900. The number of nitrogens with zero attached hydrogens (tertiary/aromatic N) is 2. The Morgan fingerprint density at radius 2 is 1.63 bits per heavy atom. The fourth-order valence-corrected chi connectivity index (χ4v) is 2.62. The van der Waals surface area contributed by atoms with Gasteiger partial charge in [-0.2, -0.15) is 0 Å². The number of hydrogen-bond acceptors (Lipinski definition) is 3. The van der Waals surface area contributed by atoms with Crippen LogP contribution in [-0.4, -0.2) is 48.6 Å². The van der Waals surface area contributed by atoms with E-state index in [1.54, 1.807) is 0 Å². The molecule has 0 aromatic heterocycles. The van der Waals surface area contributed by atoms with Gasteiger partial charge in [0.2, 0.25) is 0 Å². The third-order valence-electron chi connectivity index (χ3n) is 3.75. The summed E-state index contributed by atoms with van der Waals surface area (Å²) in [6, 6.07) is 8.73. The molecule has 1 saturated heterocycles. The minimum Gasteiger partial charge on any atom is -0.325 e. The summed E-state index contributed by atoms with van der Waals surface area (Å²) in [6.45, 7) is 9.92. The fourth-order valence-electron chi connectivity index (χ4n) is 2.62. The Kier molecular flexibility index (Phi) is 4.61. The SMILES string of the molecule is CN1CCN(Cc2ccccc2CC(C)(C)N)CC1. The maximum Gasteiger partial charge on any atom is 0.0237 e. The van der Waals surface area contributed by atoms with Crippen molar-refractivity contribution in [3.8, 4) is 0 Å². The zero-order valence-electron chi connectivity index (χ0n) is 12.5. The van der Waals surface area contributed by atoms with E-state index >= 15 is 0 Å². The molecule has 0 saturated carbocycles. The van der Waals surface area contributed by atoms with Crippen LogP contribution in [0.15, 0.2) is 24.3 Å². The molecule has 0 unspecified atom stereocenters.